The number of hydrogen-bond acceptors (Lipinski definition) is 3. The minimum atomic E-state index is -0.0770. The van der Waals surface area contributed by atoms with Gasteiger partial charge in [-0.3, -0.25) is 9.97 Å². The Morgan fingerprint density at radius 2 is 1.74 bits per heavy atom. The number of aromatic nitrogens is 3. The second-order valence-corrected chi connectivity index (χ2v) is 9.49. The Bertz CT molecular complexity index is 1340. The van der Waals surface area contributed by atoms with Crippen molar-refractivity contribution in [1.82, 2.24) is 24.8 Å². The van der Waals surface area contributed by atoms with Gasteiger partial charge in [0.1, 0.15) is 0 Å². The summed E-state index contributed by atoms with van der Waals surface area (Å²) in [6.07, 6.45) is 3.65. The van der Waals surface area contributed by atoms with Crippen LogP contribution in [0, 0.1) is 20.8 Å². The highest BCUT2D eigenvalue weighted by atomic mass is 35.5. The topological polar surface area (TPSA) is 46.0 Å². The van der Waals surface area contributed by atoms with Gasteiger partial charge in [0.05, 0.1) is 30.0 Å². The summed E-state index contributed by atoms with van der Waals surface area (Å²) in [5.41, 5.74) is 7.70. The Morgan fingerprint density at radius 1 is 0.971 bits per heavy atom. The quantitative estimate of drug-likeness (QED) is 0.349. The number of benzene rings is 1. The van der Waals surface area contributed by atoms with Gasteiger partial charge in [-0.1, -0.05) is 29.8 Å². The highest BCUT2D eigenvalue weighted by Crippen LogP contribution is 2.42. The maximum Gasteiger partial charge on any atom is 0.170 e. The Morgan fingerprint density at radius 3 is 2.44 bits per heavy atom. The van der Waals surface area contributed by atoms with E-state index >= 15 is 0 Å². The molecule has 5 nitrogen and oxygen atoms in total. The van der Waals surface area contributed by atoms with Crippen molar-refractivity contribution in [3.63, 3.8) is 0 Å². The lowest BCUT2D eigenvalue weighted by atomic mass is 9.96. The first-order valence-corrected chi connectivity index (χ1v) is 12.1. The third-order valence-electron chi connectivity index (χ3n) is 6.46. The molecule has 1 aliphatic heterocycles. The minimum Gasteiger partial charge on any atom is -0.352 e. The average Bonchev–Trinajstić information content (AvgIpc) is 3.31. The Kier molecular flexibility index (Phi) is 6.11. The second-order valence-electron chi connectivity index (χ2n) is 8.67. The van der Waals surface area contributed by atoms with Crippen LogP contribution in [-0.4, -0.2) is 24.5 Å². The summed E-state index contributed by atoms with van der Waals surface area (Å²) in [5.74, 6) is 0. The highest BCUT2D eigenvalue weighted by Gasteiger charge is 2.41. The van der Waals surface area contributed by atoms with Crippen LogP contribution in [0.5, 0.6) is 0 Å². The predicted molar refractivity (Wildman–Crippen MR) is 140 cm³/mol. The number of nitrogens with one attached hydrogen (secondary N) is 1. The zero-order valence-corrected chi connectivity index (χ0v) is 20.9. The Labute approximate surface area is 210 Å². The molecular weight excluding hydrogens is 462 g/mol. The molecule has 5 rings (SSSR count). The number of rotatable bonds is 5. The van der Waals surface area contributed by atoms with Gasteiger partial charge in [-0.05, 0) is 86.6 Å². The van der Waals surface area contributed by atoms with E-state index in [9.17, 15) is 0 Å². The minimum absolute atomic E-state index is 0.0381. The summed E-state index contributed by atoms with van der Waals surface area (Å²) in [6.45, 7) is 7.02. The molecular formula is C27H26ClN5S. The third kappa shape index (κ3) is 4.08. The van der Waals surface area contributed by atoms with E-state index in [1.807, 2.05) is 54.9 Å². The molecule has 172 valence electrons. The van der Waals surface area contributed by atoms with Crippen molar-refractivity contribution in [2.75, 3.05) is 0 Å². The standard InChI is InChI=1S/C27H26ClN5S/c1-17-10-11-20(28)15-24(17)33-18(2)14-22(19(33)3)26-25(23-9-5-7-13-30-23)31-27(34)32(26)16-21-8-4-6-12-29-21/h4-15,25-26H,16H2,1-3H3,(H,31,34)/t25-,26-/m1/s1. The van der Waals surface area contributed by atoms with Crippen LogP contribution in [0.4, 0.5) is 0 Å². The molecule has 7 heteroatoms. The molecule has 3 aromatic heterocycles. The van der Waals surface area contributed by atoms with Gasteiger partial charge in [-0.25, -0.2) is 0 Å². The van der Waals surface area contributed by atoms with Crippen molar-refractivity contribution in [3.8, 4) is 5.69 Å². The molecule has 4 heterocycles. The maximum atomic E-state index is 6.38. The fourth-order valence-corrected chi connectivity index (χ4v) is 5.33. The first-order valence-electron chi connectivity index (χ1n) is 11.3. The lowest BCUT2D eigenvalue weighted by Gasteiger charge is -2.28. The van der Waals surface area contributed by atoms with E-state index in [2.05, 4.69) is 63.7 Å². The summed E-state index contributed by atoms with van der Waals surface area (Å²) in [7, 11) is 0. The molecule has 0 aliphatic carbocycles. The average molecular weight is 488 g/mol. The van der Waals surface area contributed by atoms with E-state index in [4.69, 9.17) is 23.8 Å². The molecule has 1 aliphatic rings. The molecule has 0 amide bonds. The second kappa shape index (κ2) is 9.20. The molecule has 2 atom stereocenters. The van der Waals surface area contributed by atoms with Crippen LogP contribution in [0.2, 0.25) is 5.02 Å². The lowest BCUT2D eigenvalue weighted by molar-refractivity contribution is 0.307. The maximum absolute atomic E-state index is 6.38. The van der Waals surface area contributed by atoms with Crippen LogP contribution >= 0.6 is 23.8 Å². The number of halogens is 1. The predicted octanol–water partition coefficient (Wildman–Crippen LogP) is 6.02. The Hall–Kier alpha value is -3.22. The number of pyridine rings is 2. The largest absolute Gasteiger partial charge is 0.352 e. The number of thiocarbonyl (C=S) groups is 1. The van der Waals surface area contributed by atoms with Gasteiger partial charge < -0.3 is 14.8 Å². The van der Waals surface area contributed by atoms with Crippen LogP contribution < -0.4 is 5.32 Å². The zero-order valence-electron chi connectivity index (χ0n) is 19.4. The van der Waals surface area contributed by atoms with Gasteiger partial charge in [-0.15, -0.1) is 0 Å². The Balaban J connectivity index is 1.64. The first-order chi connectivity index (χ1) is 16.4. The summed E-state index contributed by atoms with van der Waals surface area (Å²) >= 11 is 12.2. The van der Waals surface area contributed by atoms with Crippen LogP contribution in [0.15, 0.2) is 73.1 Å². The van der Waals surface area contributed by atoms with E-state index < -0.39 is 0 Å². The number of nitrogens with zero attached hydrogens (tertiary/aromatic N) is 4. The van der Waals surface area contributed by atoms with E-state index in [0.29, 0.717) is 11.7 Å². The smallest absolute Gasteiger partial charge is 0.170 e. The van der Waals surface area contributed by atoms with Crippen molar-refractivity contribution in [2.24, 2.45) is 0 Å². The molecule has 0 bridgehead atoms. The van der Waals surface area contributed by atoms with Crippen molar-refractivity contribution < 1.29 is 0 Å². The molecule has 0 saturated carbocycles. The third-order valence-corrected chi connectivity index (χ3v) is 7.04. The van der Waals surface area contributed by atoms with Crippen LogP contribution in [0.3, 0.4) is 0 Å². The molecule has 34 heavy (non-hydrogen) atoms. The highest BCUT2D eigenvalue weighted by molar-refractivity contribution is 7.80. The van der Waals surface area contributed by atoms with Crippen LogP contribution in [0.1, 0.15) is 46.0 Å². The van der Waals surface area contributed by atoms with Crippen molar-refractivity contribution in [3.05, 3.63) is 112 Å². The molecule has 4 aromatic rings. The summed E-state index contributed by atoms with van der Waals surface area (Å²) in [4.78, 5) is 11.4. The van der Waals surface area contributed by atoms with Gasteiger partial charge >= 0.3 is 0 Å². The SMILES string of the molecule is Cc1ccc(Cl)cc1-n1c(C)cc([C@@H]2[C@@H](c3ccccn3)NC(=S)N2Cc2ccccn2)c1C. The van der Waals surface area contributed by atoms with E-state index in [1.54, 1.807) is 0 Å². The van der Waals surface area contributed by atoms with Crippen molar-refractivity contribution in [2.45, 2.75) is 39.4 Å². The van der Waals surface area contributed by atoms with Crippen LogP contribution in [0.25, 0.3) is 5.69 Å². The lowest BCUT2D eigenvalue weighted by Crippen LogP contribution is -2.29. The number of hydrogen-bond donors (Lipinski definition) is 1. The van der Waals surface area contributed by atoms with E-state index in [1.165, 1.54) is 11.1 Å². The zero-order chi connectivity index (χ0) is 23.8. The van der Waals surface area contributed by atoms with E-state index in [0.717, 1.165) is 33.5 Å². The van der Waals surface area contributed by atoms with Gasteiger partial charge in [0.15, 0.2) is 5.11 Å². The first kappa shape index (κ1) is 22.6. The van der Waals surface area contributed by atoms with Crippen molar-refractivity contribution >= 4 is 28.9 Å². The molecule has 1 saturated heterocycles. The molecule has 1 N–H and O–H groups in total. The normalized spacial score (nSPS) is 17.8. The number of aryl methyl sites for hydroxylation is 2. The fraction of sp³-hybridized carbons (Fsp3) is 0.222. The monoisotopic (exact) mass is 487 g/mol. The van der Waals surface area contributed by atoms with Crippen LogP contribution in [-0.2, 0) is 6.54 Å². The van der Waals surface area contributed by atoms with Gasteiger partial charge in [0, 0.05) is 34.5 Å². The molecule has 0 spiro atoms. The summed E-state index contributed by atoms with van der Waals surface area (Å²) in [6, 6.07) is 20.1. The van der Waals surface area contributed by atoms with Crippen molar-refractivity contribution in [1.29, 1.82) is 0 Å². The molecule has 0 unspecified atom stereocenters. The summed E-state index contributed by atoms with van der Waals surface area (Å²) < 4.78 is 2.28. The van der Waals surface area contributed by atoms with Gasteiger partial charge in [0.2, 0.25) is 0 Å². The molecule has 1 aromatic carbocycles. The molecule has 0 radical (unpaired) electrons. The summed E-state index contributed by atoms with van der Waals surface area (Å²) in [5, 5.41) is 4.97. The van der Waals surface area contributed by atoms with E-state index in [-0.39, 0.29) is 12.1 Å². The fourth-order valence-electron chi connectivity index (χ4n) is 4.86. The molecule has 1 fully saturated rings. The van der Waals surface area contributed by atoms with Gasteiger partial charge in [0.25, 0.3) is 0 Å². The van der Waals surface area contributed by atoms with Gasteiger partial charge in [-0.2, -0.15) is 0 Å².